The molecule has 2 aromatic carbocycles. The van der Waals surface area contributed by atoms with Crippen molar-refractivity contribution in [2.24, 2.45) is 0 Å². The summed E-state index contributed by atoms with van der Waals surface area (Å²) in [6, 6.07) is 7.67. The Kier molecular flexibility index (Phi) is 4.59. The van der Waals surface area contributed by atoms with Gasteiger partial charge in [0.15, 0.2) is 0 Å². The molecule has 7 nitrogen and oxygen atoms in total. The zero-order valence-electron chi connectivity index (χ0n) is 16.8. The molecule has 1 saturated heterocycles. The van der Waals surface area contributed by atoms with Gasteiger partial charge in [-0.05, 0) is 36.8 Å². The van der Waals surface area contributed by atoms with Crippen molar-refractivity contribution in [1.29, 1.82) is 0 Å². The van der Waals surface area contributed by atoms with E-state index in [0.29, 0.717) is 28.1 Å². The number of ether oxygens (including phenoxy) is 1. The number of benzene rings is 2. The van der Waals surface area contributed by atoms with E-state index in [2.05, 4.69) is 10.6 Å². The van der Waals surface area contributed by atoms with Crippen LogP contribution in [0, 0.1) is 5.82 Å². The summed E-state index contributed by atoms with van der Waals surface area (Å²) in [5.41, 5.74) is 2.02. The molecule has 0 spiro atoms. The van der Waals surface area contributed by atoms with Crippen LogP contribution in [0.3, 0.4) is 0 Å². The first-order valence-corrected chi connectivity index (χ1v) is 9.18. The van der Waals surface area contributed by atoms with Crippen LogP contribution in [0.2, 0.25) is 0 Å². The van der Waals surface area contributed by atoms with Crippen molar-refractivity contribution in [3.05, 3.63) is 58.9 Å². The summed E-state index contributed by atoms with van der Waals surface area (Å²) in [6.07, 6.45) is -0.0647. The molecule has 2 aromatic rings. The Balaban J connectivity index is 1.58. The van der Waals surface area contributed by atoms with E-state index < -0.39 is 23.7 Å². The molecule has 29 heavy (non-hydrogen) atoms. The molecule has 4 rings (SSSR count). The van der Waals surface area contributed by atoms with Crippen molar-refractivity contribution in [3.8, 4) is 5.75 Å². The fourth-order valence-corrected chi connectivity index (χ4v) is 3.58. The standard InChI is InChI=1S/C21H20FN3O4/c1-29-13-5-6-16(22)12(9-13)10-23-17-4-2-3-14-15(17)11-25(21(14)28)18-7-8-19(26)24-20(18)27/h2-6,9,18,23H,7-8,10-11H2,1H3,(H,24,26,27)/i18D. The smallest absolute Gasteiger partial charge is 0.255 e. The van der Waals surface area contributed by atoms with Gasteiger partial charge in [0, 0.05) is 41.9 Å². The summed E-state index contributed by atoms with van der Waals surface area (Å²) >= 11 is 0. The molecule has 0 aliphatic carbocycles. The second-order valence-electron chi connectivity index (χ2n) is 6.86. The molecule has 0 aromatic heterocycles. The average molecular weight is 398 g/mol. The van der Waals surface area contributed by atoms with Gasteiger partial charge in [-0.15, -0.1) is 0 Å². The van der Waals surface area contributed by atoms with Gasteiger partial charge in [0.05, 0.1) is 8.48 Å². The Morgan fingerprint density at radius 2 is 2.14 bits per heavy atom. The molecule has 0 radical (unpaired) electrons. The fraction of sp³-hybridized carbons (Fsp3) is 0.286. The first kappa shape index (κ1) is 17.7. The molecular weight excluding hydrogens is 377 g/mol. The van der Waals surface area contributed by atoms with E-state index in [4.69, 9.17) is 6.11 Å². The van der Waals surface area contributed by atoms with Crippen LogP contribution in [-0.4, -0.2) is 35.7 Å². The third-order valence-corrected chi connectivity index (χ3v) is 5.12. The van der Waals surface area contributed by atoms with Crippen LogP contribution in [-0.2, 0) is 22.7 Å². The fourth-order valence-electron chi connectivity index (χ4n) is 3.58. The highest BCUT2D eigenvalue weighted by atomic mass is 19.1. The number of nitrogens with zero attached hydrogens (tertiary/aromatic N) is 1. The van der Waals surface area contributed by atoms with Crippen molar-refractivity contribution >= 4 is 23.4 Å². The van der Waals surface area contributed by atoms with E-state index in [1.165, 1.54) is 24.1 Å². The second-order valence-corrected chi connectivity index (χ2v) is 6.86. The molecule has 1 unspecified atom stereocenters. The van der Waals surface area contributed by atoms with Gasteiger partial charge in [-0.1, -0.05) is 6.07 Å². The summed E-state index contributed by atoms with van der Waals surface area (Å²) in [5, 5.41) is 5.28. The van der Waals surface area contributed by atoms with Gasteiger partial charge in [-0.2, -0.15) is 0 Å². The van der Waals surface area contributed by atoms with E-state index in [1.807, 2.05) is 0 Å². The molecule has 0 saturated carbocycles. The van der Waals surface area contributed by atoms with Crippen molar-refractivity contribution < 1.29 is 24.9 Å². The molecule has 2 heterocycles. The Morgan fingerprint density at radius 1 is 1.31 bits per heavy atom. The number of hydrogen-bond acceptors (Lipinski definition) is 5. The third-order valence-electron chi connectivity index (χ3n) is 5.12. The van der Waals surface area contributed by atoms with Crippen LogP contribution in [0.5, 0.6) is 5.75 Å². The van der Waals surface area contributed by atoms with E-state index in [9.17, 15) is 18.8 Å². The van der Waals surface area contributed by atoms with Gasteiger partial charge in [0.25, 0.3) is 5.91 Å². The number of carbonyl (C=O) groups excluding carboxylic acids is 3. The molecule has 1 atom stereocenters. The number of halogens is 1. The van der Waals surface area contributed by atoms with E-state index >= 15 is 0 Å². The average Bonchev–Trinajstić information content (AvgIpc) is 3.08. The maximum atomic E-state index is 14.1. The minimum absolute atomic E-state index is 0.00438. The lowest BCUT2D eigenvalue weighted by Crippen LogP contribution is -2.52. The minimum atomic E-state index is -1.85. The molecule has 2 aliphatic heterocycles. The Morgan fingerprint density at radius 3 is 2.90 bits per heavy atom. The zero-order chi connectivity index (χ0) is 21.5. The van der Waals surface area contributed by atoms with E-state index in [0.717, 1.165) is 0 Å². The molecular formula is C21H20FN3O4. The third kappa shape index (κ3) is 3.53. The quantitative estimate of drug-likeness (QED) is 0.754. The molecule has 0 bridgehead atoms. The lowest BCUT2D eigenvalue weighted by atomic mass is 10.0. The molecule has 2 N–H and O–H groups in total. The molecule has 2 aliphatic rings. The van der Waals surface area contributed by atoms with Gasteiger partial charge in [0.2, 0.25) is 11.8 Å². The van der Waals surface area contributed by atoms with Crippen molar-refractivity contribution in [2.75, 3.05) is 12.4 Å². The predicted molar refractivity (Wildman–Crippen MR) is 103 cm³/mol. The summed E-state index contributed by atoms with van der Waals surface area (Å²) in [6.45, 7) is 0.206. The Bertz CT molecular complexity index is 1060. The van der Waals surface area contributed by atoms with E-state index in [-0.39, 0.29) is 31.7 Å². The summed E-state index contributed by atoms with van der Waals surface area (Å²) in [5.74, 6) is -1.55. The number of hydrogen-bond donors (Lipinski definition) is 2. The monoisotopic (exact) mass is 398 g/mol. The molecule has 8 heteroatoms. The zero-order valence-corrected chi connectivity index (χ0v) is 15.8. The largest absolute Gasteiger partial charge is 0.497 e. The highest BCUT2D eigenvalue weighted by molar-refractivity contribution is 6.06. The highest BCUT2D eigenvalue weighted by Gasteiger charge is 2.39. The van der Waals surface area contributed by atoms with Gasteiger partial charge >= 0.3 is 0 Å². The second kappa shape index (κ2) is 7.54. The lowest BCUT2D eigenvalue weighted by Gasteiger charge is -2.29. The number of rotatable bonds is 5. The van der Waals surface area contributed by atoms with Crippen LogP contribution in [0.25, 0.3) is 0 Å². The maximum absolute atomic E-state index is 14.1. The highest BCUT2D eigenvalue weighted by Crippen LogP contribution is 2.32. The lowest BCUT2D eigenvalue weighted by molar-refractivity contribution is -0.136. The SMILES string of the molecule is [2H]C1(N2Cc3c(NCc4cc(OC)ccc4F)cccc3C2=O)CCC(=O)NC1=O. The van der Waals surface area contributed by atoms with E-state index in [1.54, 1.807) is 24.3 Å². The predicted octanol–water partition coefficient (Wildman–Crippen LogP) is 2.21. The molecule has 1 fully saturated rings. The maximum Gasteiger partial charge on any atom is 0.255 e. The van der Waals surface area contributed by atoms with Crippen LogP contribution in [0.4, 0.5) is 10.1 Å². The number of fused-ring (bicyclic) bond motifs is 1. The molecule has 150 valence electrons. The van der Waals surface area contributed by atoms with Crippen molar-refractivity contribution in [3.63, 3.8) is 0 Å². The summed E-state index contributed by atoms with van der Waals surface area (Å²) < 4.78 is 27.8. The summed E-state index contributed by atoms with van der Waals surface area (Å²) in [4.78, 5) is 37.9. The van der Waals surface area contributed by atoms with Crippen molar-refractivity contribution in [1.82, 2.24) is 10.2 Å². The van der Waals surface area contributed by atoms with Gasteiger partial charge in [-0.3, -0.25) is 19.7 Å². The first-order chi connectivity index (χ1) is 14.3. The van der Waals surface area contributed by atoms with Gasteiger partial charge in [0.1, 0.15) is 17.6 Å². The molecule has 3 amide bonds. The Hall–Kier alpha value is -3.42. The van der Waals surface area contributed by atoms with Crippen LogP contribution >= 0.6 is 0 Å². The number of carbonyl (C=O) groups is 3. The Labute approximate surface area is 168 Å². The minimum Gasteiger partial charge on any atom is -0.497 e. The topological polar surface area (TPSA) is 87.7 Å². The first-order valence-electron chi connectivity index (χ1n) is 9.68. The van der Waals surface area contributed by atoms with Gasteiger partial charge in [-0.25, -0.2) is 4.39 Å². The number of piperidine rings is 1. The van der Waals surface area contributed by atoms with Crippen LogP contribution in [0.1, 0.15) is 35.7 Å². The number of imide groups is 1. The van der Waals surface area contributed by atoms with Crippen LogP contribution < -0.4 is 15.4 Å². The summed E-state index contributed by atoms with van der Waals surface area (Å²) in [7, 11) is 1.50. The number of anilines is 1. The van der Waals surface area contributed by atoms with Gasteiger partial charge < -0.3 is 15.0 Å². The van der Waals surface area contributed by atoms with Crippen molar-refractivity contribution in [2.45, 2.75) is 31.9 Å². The van der Waals surface area contributed by atoms with Crippen LogP contribution in [0.15, 0.2) is 36.4 Å². The number of methoxy groups -OCH3 is 1. The normalized spacial score (nSPS) is 21.5. The number of amides is 3. The number of nitrogens with one attached hydrogen (secondary N) is 2.